The van der Waals surface area contributed by atoms with E-state index < -0.39 is 0 Å². The van der Waals surface area contributed by atoms with E-state index in [0.29, 0.717) is 22.5 Å². The zero-order valence-corrected chi connectivity index (χ0v) is 14.6. The zero-order chi connectivity index (χ0) is 15.6. The van der Waals surface area contributed by atoms with Gasteiger partial charge in [-0.15, -0.1) is 11.3 Å². The lowest BCUT2D eigenvalue weighted by Gasteiger charge is -2.36. The van der Waals surface area contributed by atoms with Gasteiger partial charge in [0, 0.05) is 18.0 Å². The van der Waals surface area contributed by atoms with E-state index in [0.717, 1.165) is 23.0 Å². The number of thiocarbonyl (C=S) groups is 1. The number of rotatable bonds is 2. The van der Waals surface area contributed by atoms with Crippen LogP contribution in [-0.2, 0) is 4.74 Å². The van der Waals surface area contributed by atoms with Gasteiger partial charge in [-0.3, -0.25) is 0 Å². The quantitative estimate of drug-likeness (QED) is 0.665. The summed E-state index contributed by atoms with van der Waals surface area (Å²) in [5.74, 6) is 0.947. The molecule has 0 aliphatic carbocycles. The molecule has 1 saturated heterocycles. The normalized spacial score (nSPS) is 22.0. The van der Waals surface area contributed by atoms with E-state index in [1.54, 1.807) is 0 Å². The highest BCUT2D eigenvalue weighted by molar-refractivity contribution is 7.80. The van der Waals surface area contributed by atoms with Crippen LogP contribution in [-0.4, -0.2) is 36.2 Å². The first-order valence-corrected chi connectivity index (χ1v) is 8.37. The van der Waals surface area contributed by atoms with Gasteiger partial charge in [-0.25, -0.2) is 4.79 Å². The van der Waals surface area contributed by atoms with Crippen molar-refractivity contribution in [3.63, 3.8) is 0 Å². The number of carbonyl (C=O) groups excluding carboxylic acids is 1. The molecule has 1 fully saturated rings. The molecule has 1 N–H and O–H groups in total. The van der Waals surface area contributed by atoms with Crippen LogP contribution in [0.2, 0.25) is 0 Å². The van der Waals surface area contributed by atoms with Crippen molar-refractivity contribution in [2.45, 2.75) is 27.2 Å². The topological polar surface area (TPSA) is 41.6 Å². The van der Waals surface area contributed by atoms with Crippen LogP contribution in [0.1, 0.15) is 35.5 Å². The van der Waals surface area contributed by atoms with E-state index in [1.165, 1.54) is 24.9 Å². The van der Waals surface area contributed by atoms with E-state index >= 15 is 0 Å². The molecule has 2 heterocycles. The Bertz CT molecular complexity index is 532. The van der Waals surface area contributed by atoms with Crippen LogP contribution in [0.3, 0.4) is 0 Å². The molecule has 0 bridgehead atoms. The van der Waals surface area contributed by atoms with Crippen LogP contribution in [0.25, 0.3) is 0 Å². The number of nitrogens with zero attached hydrogens (tertiary/aromatic N) is 1. The average molecular weight is 326 g/mol. The van der Waals surface area contributed by atoms with Crippen LogP contribution in [0.5, 0.6) is 0 Å². The number of hydrogen-bond acceptors (Lipinski definition) is 4. The van der Waals surface area contributed by atoms with Gasteiger partial charge in [0.25, 0.3) is 0 Å². The molecule has 2 atom stereocenters. The smallest absolute Gasteiger partial charge is 0.340 e. The molecule has 0 amide bonds. The van der Waals surface area contributed by atoms with Crippen LogP contribution in [0, 0.1) is 18.8 Å². The van der Waals surface area contributed by atoms with Crippen molar-refractivity contribution in [1.29, 1.82) is 0 Å². The maximum Gasteiger partial charge on any atom is 0.340 e. The molecule has 1 aromatic rings. The highest BCUT2D eigenvalue weighted by Gasteiger charge is 2.25. The Labute approximate surface area is 135 Å². The summed E-state index contributed by atoms with van der Waals surface area (Å²) in [4.78, 5) is 15.1. The minimum atomic E-state index is -0.329. The zero-order valence-electron chi connectivity index (χ0n) is 12.9. The number of ether oxygens (including phenoxy) is 1. The van der Waals surface area contributed by atoms with Gasteiger partial charge in [0.05, 0.1) is 12.7 Å². The number of esters is 1. The van der Waals surface area contributed by atoms with Gasteiger partial charge in [0.15, 0.2) is 5.11 Å². The number of piperidine rings is 1. The molecule has 1 aliphatic heterocycles. The lowest BCUT2D eigenvalue weighted by Crippen LogP contribution is -2.44. The molecule has 4 nitrogen and oxygen atoms in total. The Morgan fingerprint density at radius 3 is 2.62 bits per heavy atom. The summed E-state index contributed by atoms with van der Waals surface area (Å²) in [7, 11) is 1.39. The van der Waals surface area contributed by atoms with E-state index in [-0.39, 0.29) is 5.97 Å². The van der Waals surface area contributed by atoms with Gasteiger partial charge in [-0.2, -0.15) is 0 Å². The second-order valence-corrected chi connectivity index (χ2v) is 7.52. The fraction of sp³-hybridized carbons (Fsp3) is 0.600. The van der Waals surface area contributed by atoms with Crippen LogP contribution in [0.4, 0.5) is 5.00 Å². The molecule has 6 heteroatoms. The summed E-state index contributed by atoms with van der Waals surface area (Å²) in [5.41, 5.74) is 0.556. The van der Waals surface area contributed by atoms with Crippen molar-refractivity contribution in [1.82, 2.24) is 4.90 Å². The van der Waals surface area contributed by atoms with Gasteiger partial charge in [0.1, 0.15) is 5.00 Å². The van der Waals surface area contributed by atoms with Crippen molar-refractivity contribution in [2.24, 2.45) is 11.8 Å². The van der Waals surface area contributed by atoms with Crippen molar-refractivity contribution < 1.29 is 9.53 Å². The number of thiophene rings is 1. The van der Waals surface area contributed by atoms with E-state index in [2.05, 4.69) is 24.1 Å². The highest BCUT2D eigenvalue weighted by atomic mass is 32.1. The Hall–Kier alpha value is -1.14. The van der Waals surface area contributed by atoms with Gasteiger partial charge in [-0.1, -0.05) is 13.8 Å². The van der Waals surface area contributed by atoms with Crippen LogP contribution >= 0.6 is 23.6 Å². The lowest BCUT2D eigenvalue weighted by molar-refractivity contribution is 0.0602. The second-order valence-electron chi connectivity index (χ2n) is 5.87. The molecule has 0 spiro atoms. The minimum Gasteiger partial charge on any atom is -0.465 e. The predicted octanol–water partition coefficient (Wildman–Crippen LogP) is 3.52. The maximum absolute atomic E-state index is 11.8. The van der Waals surface area contributed by atoms with Crippen molar-refractivity contribution in [3.8, 4) is 0 Å². The van der Waals surface area contributed by atoms with Crippen molar-refractivity contribution >= 4 is 39.6 Å². The van der Waals surface area contributed by atoms with E-state index in [9.17, 15) is 4.79 Å². The Kier molecular flexibility index (Phi) is 5.22. The number of nitrogens with one attached hydrogen (secondary N) is 1. The molecule has 116 valence electrons. The molecule has 0 radical (unpaired) electrons. The summed E-state index contributed by atoms with van der Waals surface area (Å²) in [6.45, 7) is 8.40. The summed E-state index contributed by atoms with van der Waals surface area (Å²) in [5, 5.41) is 4.70. The average Bonchev–Trinajstić information content (AvgIpc) is 2.77. The van der Waals surface area contributed by atoms with E-state index in [4.69, 9.17) is 17.0 Å². The Morgan fingerprint density at radius 1 is 1.43 bits per heavy atom. The summed E-state index contributed by atoms with van der Waals surface area (Å²) in [6, 6.07) is 1.84. The number of hydrogen-bond donors (Lipinski definition) is 1. The molecule has 0 saturated carbocycles. The molecule has 2 rings (SSSR count). The molecule has 21 heavy (non-hydrogen) atoms. The van der Waals surface area contributed by atoms with Crippen LogP contribution < -0.4 is 5.32 Å². The second kappa shape index (κ2) is 6.75. The maximum atomic E-state index is 11.8. The summed E-state index contributed by atoms with van der Waals surface area (Å²) < 4.78 is 4.82. The number of anilines is 1. The fourth-order valence-electron chi connectivity index (χ4n) is 2.87. The number of likely N-dealkylation sites (tertiary alicyclic amines) is 1. The Morgan fingerprint density at radius 2 is 2.05 bits per heavy atom. The Balaban J connectivity index is 2.11. The number of carbonyl (C=O) groups is 1. The van der Waals surface area contributed by atoms with Crippen LogP contribution in [0.15, 0.2) is 6.07 Å². The minimum absolute atomic E-state index is 0.329. The summed E-state index contributed by atoms with van der Waals surface area (Å²) >= 11 is 7.05. The van der Waals surface area contributed by atoms with Gasteiger partial charge < -0.3 is 15.0 Å². The van der Waals surface area contributed by atoms with E-state index in [1.807, 2.05) is 13.0 Å². The predicted molar refractivity (Wildman–Crippen MR) is 91.1 cm³/mol. The molecule has 1 aromatic heterocycles. The lowest BCUT2D eigenvalue weighted by atomic mass is 9.92. The number of methoxy groups -OCH3 is 1. The fourth-order valence-corrected chi connectivity index (χ4v) is 4.09. The third kappa shape index (κ3) is 3.95. The van der Waals surface area contributed by atoms with Gasteiger partial charge >= 0.3 is 5.97 Å². The molecule has 1 aliphatic rings. The SMILES string of the molecule is COC(=O)c1cc(C)sc1NC(=S)N1C[C@H](C)C[C@@H](C)C1. The third-order valence-corrected chi connectivity index (χ3v) is 4.96. The highest BCUT2D eigenvalue weighted by Crippen LogP contribution is 2.29. The van der Waals surface area contributed by atoms with Gasteiger partial charge in [0.2, 0.25) is 0 Å². The van der Waals surface area contributed by atoms with Gasteiger partial charge in [-0.05, 0) is 43.5 Å². The molecule has 0 unspecified atom stereocenters. The third-order valence-electron chi connectivity index (χ3n) is 3.64. The monoisotopic (exact) mass is 326 g/mol. The van der Waals surface area contributed by atoms with Crippen molar-refractivity contribution in [3.05, 3.63) is 16.5 Å². The molecular formula is C15H22N2O2S2. The first-order chi connectivity index (χ1) is 9.90. The molecular weight excluding hydrogens is 304 g/mol. The first kappa shape index (κ1) is 16.2. The summed E-state index contributed by atoms with van der Waals surface area (Å²) in [6.07, 6.45) is 1.24. The van der Waals surface area contributed by atoms with Crippen molar-refractivity contribution in [2.75, 3.05) is 25.5 Å². The molecule has 0 aromatic carbocycles. The standard InChI is InChI=1S/C15H22N2O2S2/c1-9-5-10(2)8-17(7-9)15(20)16-13-12(14(18)19-4)6-11(3)21-13/h6,9-10H,5,7-8H2,1-4H3,(H,16,20)/t9-,10-/m1/s1. The first-order valence-electron chi connectivity index (χ1n) is 7.15. The number of aryl methyl sites for hydroxylation is 1. The largest absolute Gasteiger partial charge is 0.465 e.